The summed E-state index contributed by atoms with van der Waals surface area (Å²) in [7, 11) is 0. The molecule has 6 heteroatoms. The van der Waals surface area contributed by atoms with Crippen molar-refractivity contribution in [1.82, 2.24) is 4.98 Å². The van der Waals surface area contributed by atoms with Crippen LogP contribution in [0, 0.1) is 0 Å². The maximum atomic E-state index is 13.3. The van der Waals surface area contributed by atoms with Crippen molar-refractivity contribution in [2.45, 2.75) is 18.2 Å². The average Bonchev–Trinajstić information content (AvgIpc) is 2.62. The summed E-state index contributed by atoms with van der Waals surface area (Å²) in [5.41, 5.74) is -1.60. The van der Waals surface area contributed by atoms with Crippen LogP contribution in [0.5, 0.6) is 0 Å². The molecule has 0 amide bonds. The number of halogens is 4. The van der Waals surface area contributed by atoms with Crippen LogP contribution in [0.1, 0.15) is 22.4 Å². The Labute approximate surface area is 153 Å². The lowest BCUT2D eigenvalue weighted by Crippen LogP contribution is -2.31. The topological polar surface area (TPSA) is 33.1 Å². The zero-order valence-electron chi connectivity index (χ0n) is 13.5. The third-order valence-corrected chi connectivity index (χ3v) is 4.47. The molecule has 1 aromatic heterocycles. The van der Waals surface area contributed by atoms with Gasteiger partial charge in [-0.3, -0.25) is 4.98 Å². The van der Waals surface area contributed by atoms with Gasteiger partial charge in [-0.25, -0.2) is 0 Å². The Morgan fingerprint density at radius 1 is 0.923 bits per heavy atom. The Balaban J connectivity index is 2.16. The second-order valence-corrected chi connectivity index (χ2v) is 6.34. The lowest BCUT2D eigenvalue weighted by atomic mass is 9.83. The van der Waals surface area contributed by atoms with Gasteiger partial charge < -0.3 is 5.11 Å². The molecule has 0 radical (unpaired) electrons. The maximum Gasteiger partial charge on any atom is 0.417 e. The summed E-state index contributed by atoms with van der Waals surface area (Å²) in [5.74, 6) is 0. The molecule has 3 aromatic rings. The minimum Gasteiger partial charge on any atom is -0.378 e. The molecule has 134 valence electrons. The smallest absolute Gasteiger partial charge is 0.378 e. The predicted molar refractivity (Wildman–Crippen MR) is 93.8 cm³/mol. The van der Waals surface area contributed by atoms with Crippen molar-refractivity contribution in [1.29, 1.82) is 0 Å². The van der Waals surface area contributed by atoms with Gasteiger partial charge in [0.1, 0.15) is 5.60 Å². The van der Waals surface area contributed by atoms with Gasteiger partial charge >= 0.3 is 6.18 Å². The lowest BCUT2D eigenvalue weighted by Gasteiger charge is -2.29. The van der Waals surface area contributed by atoms with Gasteiger partial charge in [0.25, 0.3) is 0 Å². The van der Waals surface area contributed by atoms with Gasteiger partial charge in [0.05, 0.1) is 16.3 Å². The quantitative estimate of drug-likeness (QED) is 0.675. The summed E-state index contributed by atoms with van der Waals surface area (Å²) < 4.78 is 39.8. The van der Waals surface area contributed by atoms with Crippen LogP contribution in [-0.2, 0) is 18.2 Å². The standard InChI is InChI=1S/C20H15ClF3NO/c21-17-10-9-15(12-16(17)20(22,23)24)19(26,18-8-4-5-11-25-18)13-14-6-2-1-3-7-14/h1-12,26H,13H2. The van der Waals surface area contributed by atoms with E-state index in [2.05, 4.69) is 4.98 Å². The number of nitrogens with zero attached hydrogens (tertiary/aromatic N) is 1. The monoisotopic (exact) mass is 377 g/mol. The second kappa shape index (κ2) is 7.09. The highest BCUT2D eigenvalue weighted by molar-refractivity contribution is 6.31. The van der Waals surface area contributed by atoms with E-state index in [1.165, 1.54) is 12.3 Å². The first-order valence-electron chi connectivity index (χ1n) is 7.86. The summed E-state index contributed by atoms with van der Waals surface area (Å²) in [6, 6.07) is 17.4. The Morgan fingerprint density at radius 2 is 1.62 bits per heavy atom. The number of benzene rings is 2. The number of pyridine rings is 1. The first-order chi connectivity index (χ1) is 12.3. The average molecular weight is 378 g/mol. The van der Waals surface area contributed by atoms with Gasteiger partial charge in [0.2, 0.25) is 0 Å². The van der Waals surface area contributed by atoms with Gasteiger partial charge in [0.15, 0.2) is 0 Å². The van der Waals surface area contributed by atoms with Crippen LogP contribution in [0.25, 0.3) is 0 Å². The van der Waals surface area contributed by atoms with Gasteiger partial charge in [-0.15, -0.1) is 0 Å². The van der Waals surface area contributed by atoms with Crippen molar-refractivity contribution in [3.8, 4) is 0 Å². The predicted octanol–water partition coefficient (Wildman–Crippen LogP) is 5.23. The van der Waals surface area contributed by atoms with Gasteiger partial charge in [-0.1, -0.05) is 54.1 Å². The zero-order chi connectivity index (χ0) is 18.8. The van der Waals surface area contributed by atoms with Crippen molar-refractivity contribution >= 4 is 11.6 Å². The summed E-state index contributed by atoms with van der Waals surface area (Å²) in [4.78, 5) is 4.17. The second-order valence-electron chi connectivity index (χ2n) is 5.93. The van der Waals surface area contributed by atoms with Crippen molar-refractivity contribution in [2.75, 3.05) is 0 Å². The van der Waals surface area contributed by atoms with E-state index in [1.54, 1.807) is 42.5 Å². The number of hydrogen-bond acceptors (Lipinski definition) is 2. The van der Waals surface area contributed by atoms with Crippen molar-refractivity contribution < 1.29 is 18.3 Å². The van der Waals surface area contributed by atoms with Crippen LogP contribution in [0.3, 0.4) is 0 Å². The molecule has 3 rings (SSSR count). The van der Waals surface area contributed by atoms with Gasteiger partial charge in [0, 0.05) is 12.6 Å². The van der Waals surface area contributed by atoms with Gasteiger partial charge in [-0.2, -0.15) is 13.2 Å². The normalized spacial score (nSPS) is 14.0. The minimum absolute atomic E-state index is 0.0732. The minimum atomic E-state index is -4.62. The van der Waals surface area contributed by atoms with Crippen molar-refractivity contribution in [2.24, 2.45) is 0 Å². The van der Waals surface area contributed by atoms with Crippen molar-refractivity contribution in [3.63, 3.8) is 0 Å². The Kier molecular flexibility index (Phi) is 5.03. The maximum absolute atomic E-state index is 13.3. The fourth-order valence-corrected chi connectivity index (χ4v) is 3.06. The van der Waals surface area contributed by atoms with E-state index in [-0.39, 0.29) is 17.7 Å². The summed E-state index contributed by atoms with van der Waals surface area (Å²) >= 11 is 5.72. The molecule has 0 saturated heterocycles. The molecule has 0 bridgehead atoms. The molecular weight excluding hydrogens is 363 g/mol. The first-order valence-corrected chi connectivity index (χ1v) is 8.23. The molecule has 26 heavy (non-hydrogen) atoms. The largest absolute Gasteiger partial charge is 0.417 e. The molecule has 1 unspecified atom stereocenters. The third kappa shape index (κ3) is 3.74. The molecule has 2 nitrogen and oxygen atoms in total. The van der Waals surface area contributed by atoms with E-state index in [1.807, 2.05) is 6.07 Å². The highest BCUT2D eigenvalue weighted by Crippen LogP contribution is 2.39. The number of aromatic nitrogens is 1. The molecule has 0 aliphatic carbocycles. The van der Waals surface area contributed by atoms with Gasteiger partial charge in [-0.05, 0) is 35.4 Å². The highest BCUT2D eigenvalue weighted by Gasteiger charge is 2.38. The molecule has 1 N–H and O–H groups in total. The number of alkyl halides is 3. The molecule has 0 aliphatic rings. The Hall–Kier alpha value is -2.37. The summed E-state index contributed by atoms with van der Waals surface area (Å²) in [6.45, 7) is 0. The van der Waals surface area contributed by atoms with E-state index in [0.29, 0.717) is 0 Å². The zero-order valence-corrected chi connectivity index (χ0v) is 14.3. The summed E-state index contributed by atoms with van der Waals surface area (Å²) in [5, 5.41) is 11.0. The van der Waals surface area contributed by atoms with Crippen LogP contribution >= 0.6 is 11.6 Å². The van der Waals surface area contributed by atoms with E-state index >= 15 is 0 Å². The van der Waals surface area contributed by atoms with E-state index < -0.39 is 22.4 Å². The number of aliphatic hydroxyl groups is 1. The fourth-order valence-electron chi connectivity index (χ4n) is 2.84. The highest BCUT2D eigenvalue weighted by atomic mass is 35.5. The van der Waals surface area contributed by atoms with E-state index in [9.17, 15) is 18.3 Å². The lowest BCUT2D eigenvalue weighted by molar-refractivity contribution is -0.137. The van der Waals surface area contributed by atoms with Crippen LogP contribution < -0.4 is 0 Å². The SMILES string of the molecule is OC(Cc1ccccc1)(c1ccc(Cl)c(C(F)(F)F)c1)c1ccccn1. The molecular formula is C20H15ClF3NO. The number of rotatable bonds is 4. The van der Waals surface area contributed by atoms with Crippen LogP contribution in [0.15, 0.2) is 72.9 Å². The first kappa shape index (κ1) is 18.4. The molecule has 2 aromatic carbocycles. The van der Waals surface area contributed by atoms with Crippen LogP contribution in [0.2, 0.25) is 5.02 Å². The fraction of sp³-hybridized carbons (Fsp3) is 0.150. The van der Waals surface area contributed by atoms with Crippen molar-refractivity contribution in [3.05, 3.63) is 100 Å². The molecule has 0 aliphatic heterocycles. The Morgan fingerprint density at radius 3 is 2.23 bits per heavy atom. The molecule has 1 atom stereocenters. The molecule has 0 saturated carbocycles. The molecule has 0 fully saturated rings. The Bertz CT molecular complexity index is 885. The molecule has 0 spiro atoms. The summed E-state index contributed by atoms with van der Waals surface area (Å²) in [6.07, 6.45) is -3.06. The number of hydrogen-bond donors (Lipinski definition) is 1. The third-order valence-electron chi connectivity index (χ3n) is 4.14. The molecule has 1 heterocycles. The van der Waals surface area contributed by atoms with Crippen LogP contribution in [-0.4, -0.2) is 10.1 Å². The van der Waals surface area contributed by atoms with E-state index in [4.69, 9.17) is 11.6 Å². The van der Waals surface area contributed by atoms with Crippen LogP contribution in [0.4, 0.5) is 13.2 Å². The van der Waals surface area contributed by atoms with E-state index in [0.717, 1.165) is 17.7 Å².